The molecule has 1 N–H and O–H groups in total. The lowest BCUT2D eigenvalue weighted by Crippen LogP contribution is -2.05. The van der Waals surface area contributed by atoms with Crippen molar-refractivity contribution in [1.82, 2.24) is 4.98 Å². The smallest absolute Gasteiger partial charge is 0.218 e. The van der Waals surface area contributed by atoms with E-state index in [1.54, 1.807) is 0 Å². The van der Waals surface area contributed by atoms with Gasteiger partial charge in [-0.25, -0.2) is 4.98 Å². The standard InChI is InChI=1S/C15H11ClN2O/c16-10-5-6-14-12(8-10)18-15(19-14)13-7-9-3-1-2-4-11(9)17-13/h1-6,8,13,17H,7H2. The first-order valence-corrected chi connectivity index (χ1v) is 6.58. The summed E-state index contributed by atoms with van der Waals surface area (Å²) in [6.07, 6.45) is 0.900. The van der Waals surface area contributed by atoms with Gasteiger partial charge in [-0.3, -0.25) is 0 Å². The van der Waals surface area contributed by atoms with Gasteiger partial charge in [0.05, 0.1) is 0 Å². The van der Waals surface area contributed by atoms with Crippen molar-refractivity contribution in [3.8, 4) is 0 Å². The summed E-state index contributed by atoms with van der Waals surface area (Å²) in [5.74, 6) is 0.716. The van der Waals surface area contributed by atoms with Crippen LogP contribution in [-0.2, 0) is 6.42 Å². The van der Waals surface area contributed by atoms with Crippen LogP contribution in [-0.4, -0.2) is 4.98 Å². The summed E-state index contributed by atoms with van der Waals surface area (Å²) in [7, 11) is 0. The fourth-order valence-corrected chi connectivity index (χ4v) is 2.68. The topological polar surface area (TPSA) is 38.1 Å². The van der Waals surface area contributed by atoms with Crippen molar-refractivity contribution in [3.63, 3.8) is 0 Å². The molecule has 1 aromatic heterocycles. The lowest BCUT2D eigenvalue weighted by Gasteiger charge is -2.05. The maximum absolute atomic E-state index is 5.96. The number of hydrogen-bond donors (Lipinski definition) is 1. The first kappa shape index (κ1) is 10.9. The molecule has 0 fully saturated rings. The molecular weight excluding hydrogens is 260 g/mol. The van der Waals surface area contributed by atoms with Crippen LogP contribution >= 0.6 is 11.6 Å². The molecule has 94 valence electrons. The zero-order chi connectivity index (χ0) is 12.8. The minimum atomic E-state index is 0.101. The van der Waals surface area contributed by atoms with E-state index in [2.05, 4.69) is 28.5 Å². The second kappa shape index (κ2) is 4.00. The van der Waals surface area contributed by atoms with E-state index in [0.717, 1.165) is 23.2 Å². The summed E-state index contributed by atoms with van der Waals surface area (Å²) in [5, 5.41) is 4.11. The maximum Gasteiger partial charge on any atom is 0.218 e. The Kier molecular flexibility index (Phi) is 2.29. The van der Waals surface area contributed by atoms with Gasteiger partial charge in [0.2, 0.25) is 5.89 Å². The first-order valence-electron chi connectivity index (χ1n) is 6.20. The largest absolute Gasteiger partial charge is 0.438 e. The van der Waals surface area contributed by atoms with Gasteiger partial charge in [0.1, 0.15) is 11.6 Å². The molecule has 4 heteroatoms. The molecule has 0 saturated heterocycles. The number of hydrogen-bond acceptors (Lipinski definition) is 3. The van der Waals surface area contributed by atoms with Crippen LogP contribution in [0.1, 0.15) is 17.5 Å². The average molecular weight is 271 g/mol. The summed E-state index contributed by atoms with van der Waals surface area (Å²) in [4.78, 5) is 4.52. The number of oxazole rings is 1. The summed E-state index contributed by atoms with van der Waals surface area (Å²) in [5.41, 5.74) is 4.04. The number of para-hydroxylation sites is 1. The molecule has 0 saturated carbocycles. The predicted octanol–water partition coefficient (Wildman–Crippen LogP) is 4.19. The van der Waals surface area contributed by atoms with Crippen LogP contribution < -0.4 is 5.32 Å². The number of benzene rings is 2. The van der Waals surface area contributed by atoms with Crippen LogP contribution in [0.5, 0.6) is 0 Å². The summed E-state index contributed by atoms with van der Waals surface area (Å²) in [6, 6.07) is 13.9. The molecule has 0 amide bonds. The SMILES string of the molecule is Clc1ccc2oc(C3Cc4ccccc4N3)nc2c1. The zero-order valence-electron chi connectivity index (χ0n) is 10.1. The molecule has 1 unspecified atom stereocenters. The Morgan fingerprint density at radius 3 is 3.00 bits per heavy atom. The van der Waals surface area contributed by atoms with E-state index in [1.165, 1.54) is 5.56 Å². The lowest BCUT2D eigenvalue weighted by atomic mass is 10.1. The highest BCUT2D eigenvalue weighted by Crippen LogP contribution is 2.34. The average Bonchev–Trinajstić information content (AvgIpc) is 3.00. The molecule has 19 heavy (non-hydrogen) atoms. The Hall–Kier alpha value is -2.00. The Morgan fingerprint density at radius 2 is 2.11 bits per heavy atom. The summed E-state index contributed by atoms with van der Waals surface area (Å²) in [6.45, 7) is 0. The molecule has 2 heterocycles. The monoisotopic (exact) mass is 270 g/mol. The molecular formula is C15H11ClN2O. The molecule has 3 aromatic rings. The van der Waals surface area contributed by atoms with Gasteiger partial charge in [0.15, 0.2) is 5.58 Å². The van der Waals surface area contributed by atoms with E-state index < -0.39 is 0 Å². The maximum atomic E-state index is 5.96. The first-order chi connectivity index (χ1) is 9.29. The molecule has 1 aliphatic heterocycles. The Bertz CT molecular complexity index is 741. The van der Waals surface area contributed by atoms with Gasteiger partial charge in [-0.15, -0.1) is 0 Å². The third-order valence-corrected chi connectivity index (χ3v) is 3.67. The quantitative estimate of drug-likeness (QED) is 0.720. The molecule has 4 rings (SSSR count). The van der Waals surface area contributed by atoms with Gasteiger partial charge in [0.25, 0.3) is 0 Å². The third-order valence-electron chi connectivity index (χ3n) is 3.44. The molecule has 0 aliphatic carbocycles. The Balaban J connectivity index is 1.73. The highest BCUT2D eigenvalue weighted by Gasteiger charge is 2.25. The Morgan fingerprint density at radius 1 is 1.21 bits per heavy atom. The van der Waals surface area contributed by atoms with Gasteiger partial charge in [-0.1, -0.05) is 29.8 Å². The van der Waals surface area contributed by atoms with Crippen molar-refractivity contribution >= 4 is 28.4 Å². The van der Waals surface area contributed by atoms with Crippen LogP contribution in [0.15, 0.2) is 46.9 Å². The number of aromatic nitrogens is 1. The number of fused-ring (bicyclic) bond motifs is 2. The molecule has 3 nitrogen and oxygen atoms in total. The van der Waals surface area contributed by atoms with Crippen LogP contribution in [0.4, 0.5) is 5.69 Å². The van der Waals surface area contributed by atoms with Crippen LogP contribution in [0.2, 0.25) is 5.02 Å². The summed E-state index contributed by atoms with van der Waals surface area (Å²) >= 11 is 5.96. The second-order valence-corrected chi connectivity index (χ2v) is 5.16. The zero-order valence-corrected chi connectivity index (χ0v) is 10.8. The van der Waals surface area contributed by atoms with Crippen molar-refractivity contribution in [2.45, 2.75) is 12.5 Å². The van der Waals surface area contributed by atoms with Gasteiger partial charge in [-0.2, -0.15) is 0 Å². The second-order valence-electron chi connectivity index (χ2n) is 4.72. The molecule has 0 bridgehead atoms. The number of anilines is 1. The number of nitrogens with one attached hydrogen (secondary N) is 1. The molecule has 0 spiro atoms. The van der Waals surface area contributed by atoms with E-state index in [0.29, 0.717) is 10.9 Å². The number of rotatable bonds is 1. The van der Waals surface area contributed by atoms with Crippen molar-refractivity contribution in [2.75, 3.05) is 5.32 Å². The number of nitrogens with zero attached hydrogens (tertiary/aromatic N) is 1. The lowest BCUT2D eigenvalue weighted by molar-refractivity contribution is 0.497. The fourth-order valence-electron chi connectivity index (χ4n) is 2.51. The normalized spacial score (nSPS) is 17.4. The van der Waals surface area contributed by atoms with Crippen molar-refractivity contribution in [2.24, 2.45) is 0 Å². The minimum Gasteiger partial charge on any atom is -0.438 e. The van der Waals surface area contributed by atoms with E-state index in [4.69, 9.17) is 16.0 Å². The highest BCUT2D eigenvalue weighted by atomic mass is 35.5. The Labute approximate surface area is 115 Å². The van der Waals surface area contributed by atoms with Crippen molar-refractivity contribution < 1.29 is 4.42 Å². The van der Waals surface area contributed by atoms with Crippen molar-refractivity contribution in [1.29, 1.82) is 0 Å². The molecule has 2 aromatic carbocycles. The molecule has 1 aliphatic rings. The van der Waals surface area contributed by atoms with Gasteiger partial charge < -0.3 is 9.73 Å². The van der Waals surface area contributed by atoms with E-state index in [-0.39, 0.29) is 6.04 Å². The van der Waals surface area contributed by atoms with Gasteiger partial charge >= 0.3 is 0 Å². The van der Waals surface area contributed by atoms with Gasteiger partial charge in [0, 0.05) is 17.1 Å². The third kappa shape index (κ3) is 1.78. The van der Waals surface area contributed by atoms with E-state index in [1.807, 2.05) is 24.3 Å². The predicted molar refractivity (Wildman–Crippen MR) is 75.5 cm³/mol. The van der Waals surface area contributed by atoms with Gasteiger partial charge in [-0.05, 0) is 29.8 Å². The van der Waals surface area contributed by atoms with E-state index >= 15 is 0 Å². The van der Waals surface area contributed by atoms with Crippen molar-refractivity contribution in [3.05, 3.63) is 58.9 Å². The molecule has 0 radical (unpaired) electrons. The van der Waals surface area contributed by atoms with Crippen LogP contribution in [0.25, 0.3) is 11.1 Å². The minimum absolute atomic E-state index is 0.101. The highest BCUT2D eigenvalue weighted by molar-refractivity contribution is 6.31. The van der Waals surface area contributed by atoms with Crippen LogP contribution in [0, 0.1) is 0 Å². The molecule has 1 atom stereocenters. The van der Waals surface area contributed by atoms with Crippen LogP contribution in [0.3, 0.4) is 0 Å². The summed E-state index contributed by atoms with van der Waals surface area (Å²) < 4.78 is 5.81. The van der Waals surface area contributed by atoms with E-state index in [9.17, 15) is 0 Å². The fraction of sp³-hybridized carbons (Fsp3) is 0.133. The number of halogens is 1.